The average molecular weight is 324 g/mol. The summed E-state index contributed by atoms with van der Waals surface area (Å²) in [6, 6.07) is 16.4. The summed E-state index contributed by atoms with van der Waals surface area (Å²) >= 11 is 0. The Morgan fingerprint density at radius 2 is 1.71 bits per heavy atom. The molecule has 3 aromatic rings. The van der Waals surface area contributed by atoms with Crippen LogP contribution in [0.3, 0.4) is 0 Å². The number of nitrogens with zero attached hydrogens (tertiary/aromatic N) is 2. The Morgan fingerprint density at radius 3 is 2.33 bits per heavy atom. The minimum Gasteiger partial charge on any atom is -0.478 e. The van der Waals surface area contributed by atoms with Crippen LogP contribution in [0.4, 0.5) is 0 Å². The van der Waals surface area contributed by atoms with E-state index in [0.717, 1.165) is 11.1 Å². The van der Waals surface area contributed by atoms with Crippen LogP contribution in [0.1, 0.15) is 13.8 Å². The molecular formula is C18H16N2O4. The normalized spacial score (nSPS) is 11.2. The highest BCUT2D eigenvalue weighted by atomic mass is 16.5. The van der Waals surface area contributed by atoms with E-state index in [-0.39, 0.29) is 0 Å². The van der Waals surface area contributed by atoms with E-state index in [1.807, 2.05) is 30.3 Å². The number of carboxylic acids is 1. The molecule has 0 spiro atoms. The Hall–Kier alpha value is -3.15. The van der Waals surface area contributed by atoms with Crippen LogP contribution < -0.4 is 4.74 Å². The molecule has 0 aliphatic rings. The summed E-state index contributed by atoms with van der Waals surface area (Å²) in [6.45, 7) is 2.99. The maximum atomic E-state index is 11.1. The van der Waals surface area contributed by atoms with Gasteiger partial charge in [0.1, 0.15) is 5.75 Å². The molecule has 0 aliphatic carbocycles. The summed E-state index contributed by atoms with van der Waals surface area (Å²) < 4.78 is 10.7. The van der Waals surface area contributed by atoms with E-state index < -0.39 is 11.6 Å². The minimum absolute atomic E-state index is 0.443. The van der Waals surface area contributed by atoms with E-state index in [4.69, 9.17) is 14.4 Å². The summed E-state index contributed by atoms with van der Waals surface area (Å²) in [7, 11) is 0. The van der Waals surface area contributed by atoms with Gasteiger partial charge >= 0.3 is 5.97 Å². The molecule has 1 aromatic heterocycles. The Labute approximate surface area is 138 Å². The van der Waals surface area contributed by atoms with Gasteiger partial charge < -0.3 is 14.4 Å². The topological polar surface area (TPSA) is 85.5 Å². The maximum absolute atomic E-state index is 11.1. The zero-order valence-corrected chi connectivity index (χ0v) is 13.3. The van der Waals surface area contributed by atoms with E-state index in [9.17, 15) is 4.79 Å². The van der Waals surface area contributed by atoms with Crippen molar-refractivity contribution in [2.24, 2.45) is 0 Å². The molecule has 0 radical (unpaired) electrons. The lowest BCUT2D eigenvalue weighted by Gasteiger charge is -2.21. The number of carboxylic acid groups (broad SMARTS) is 1. The predicted molar refractivity (Wildman–Crippen MR) is 87.5 cm³/mol. The Morgan fingerprint density at radius 1 is 1.04 bits per heavy atom. The van der Waals surface area contributed by atoms with Crippen molar-refractivity contribution >= 4 is 5.97 Å². The largest absolute Gasteiger partial charge is 0.478 e. The van der Waals surface area contributed by atoms with E-state index >= 15 is 0 Å². The molecule has 0 aliphatic heterocycles. The monoisotopic (exact) mass is 324 g/mol. The molecule has 0 saturated carbocycles. The van der Waals surface area contributed by atoms with Crippen molar-refractivity contribution in [3.05, 3.63) is 54.6 Å². The molecule has 24 heavy (non-hydrogen) atoms. The third-order valence-corrected chi connectivity index (χ3v) is 3.45. The van der Waals surface area contributed by atoms with Gasteiger partial charge in [0.25, 0.3) is 5.89 Å². The zero-order valence-electron chi connectivity index (χ0n) is 13.3. The quantitative estimate of drug-likeness (QED) is 0.771. The molecule has 0 atom stereocenters. The van der Waals surface area contributed by atoms with Crippen LogP contribution in [0.2, 0.25) is 0 Å². The van der Waals surface area contributed by atoms with Gasteiger partial charge in [0.15, 0.2) is 5.60 Å². The van der Waals surface area contributed by atoms with Crippen molar-refractivity contribution in [3.63, 3.8) is 0 Å². The fraction of sp³-hybridized carbons (Fsp3) is 0.167. The van der Waals surface area contributed by atoms with E-state index in [1.54, 1.807) is 24.3 Å². The minimum atomic E-state index is -1.30. The molecule has 0 saturated heterocycles. The first-order valence-corrected chi connectivity index (χ1v) is 7.38. The molecule has 0 unspecified atom stereocenters. The molecule has 1 N–H and O–H groups in total. The first-order chi connectivity index (χ1) is 11.5. The van der Waals surface area contributed by atoms with Crippen LogP contribution in [-0.2, 0) is 4.79 Å². The second kappa shape index (κ2) is 6.16. The van der Waals surface area contributed by atoms with Gasteiger partial charge in [0.05, 0.1) is 0 Å². The number of ether oxygens (including phenoxy) is 1. The lowest BCUT2D eigenvalue weighted by molar-refractivity contribution is -0.152. The first kappa shape index (κ1) is 15.7. The van der Waals surface area contributed by atoms with E-state index in [0.29, 0.717) is 17.5 Å². The number of aliphatic carboxylic acids is 1. The highest BCUT2D eigenvalue weighted by molar-refractivity contribution is 5.76. The first-order valence-electron chi connectivity index (χ1n) is 7.38. The van der Waals surface area contributed by atoms with Crippen LogP contribution >= 0.6 is 0 Å². The molecule has 3 rings (SSSR count). The van der Waals surface area contributed by atoms with E-state index in [2.05, 4.69) is 10.1 Å². The summed E-state index contributed by atoms with van der Waals surface area (Å²) in [5, 5.41) is 13.1. The van der Waals surface area contributed by atoms with E-state index in [1.165, 1.54) is 13.8 Å². The van der Waals surface area contributed by atoms with Gasteiger partial charge in [-0.2, -0.15) is 4.98 Å². The zero-order chi connectivity index (χ0) is 17.2. The van der Waals surface area contributed by atoms with Crippen LogP contribution in [0.15, 0.2) is 59.1 Å². The second-order valence-corrected chi connectivity index (χ2v) is 5.73. The molecule has 0 fully saturated rings. The van der Waals surface area contributed by atoms with Crippen molar-refractivity contribution in [2.45, 2.75) is 19.4 Å². The molecule has 1 heterocycles. The lowest BCUT2D eigenvalue weighted by Crippen LogP contribution is -2.37. The standard InChI is InChI=1S/C18H16N2O4/c1-18(2,17(21)22)23-14-10-8-12(9-11-14)15-19-16(24-20-15)13-6-4-3-5-7-13/h3-11H,1-2H3,(H,21,22). The van der Waals surface area contributed by atoms with Crippen molar-refractivity contribution in [1.82, 2.24) is 10.1 Å². The predicted octanol–water partition coefficient (Wildman–Crippen LogP) is 3.65. The molecule has 2 aromatic carbocycles. The Kier molecular flexibility index (Phi) is 4.04. The average Bonchev–Trinajstić information content (AvgIpc) is 3.06. The number of hydrogen-bond acceptors (Lipinski definition) is 5. The Bertz CT molecular complexity index is 839. The van der Waals surface area contributed by atoms with Crippen molar-refractivity contribution in [1.29, 1.82) is 0 Å². The lowest BCUT2D eigenvalue weighted by atomic mass is 10.1. The van der Waals surface area contributed by atoms with Crippen molar-refractivity contribution in [2.75, 3.05) is 0 Å². The fourth-order valence-electron chi connectivity index (χ4n) is 2.05. The van der Waals surface area contributed by atoms with Gasteiger partial charge in [0.2, 0.25) is 5.82 Å². The third-order valence-electron chi connectivity index (χ3n) is 3.45. The van der Waals surface area contributed by atoms with Gasteiger partial charge in [-0.3, -0.25) is 0 Å². The summed E-state index contributed by atoms with van der Waals surface area (Å²) in [4.78, 5) is 15.5. The van der Waals surface area contributed by atoms with Gasteiger partial charge in [0, 0.05) is 11.1 Å². The highest BCUT2D eigenvalue weighted by Gasteiger charge is 2.29. The highest BCUT2D eigenvalue weighted by Crippen LogP contribution is 2.25. The van der Waals surface area contributed by atoms with Crippen molar-refractivity contribution < 1.29 is 19.2 Å². The van der Waals surface area contributed by atoms with Crippen LogP contribution in [0, 0.1) is 0 Å². The Balaban J connectivity index is 1.79. The fourth-order valence-corrected chi connectivity index (χ4v) is 2.05. The molecule has 122 valence electrons. The molecule has 6 heteroatoms. The summed E-state index contributed by atoms with van der Waals surface area (Å²) in [5.41, 5.74) is 0.301. The number of aromatic nitrogens is 2. The van der Waals surface area contributed by atoms with Crippen molar-refractivity contribution in [3.8, 4) is 28.6 Å². The van der Waals surface area contributed by atoms with Crippen LogP contribution in [-0.4, -0.2) is 26.8 Å². The number of rotatable bonds is 5. The maximum Gasteiger partial charge on any atom is 0.347 e. The van der Waals surface area contributed by atoms with Gasteiger partial charge in [-0.15, -0.1) is 0 Å². The number of benzene rings is 2. The SMILES string of the molecule is CC(C)(Oc1ccc(-c2noc(-c3ccccc3)n2)cc1)C(=O)O. The summed E-state index contributed by atoms with van der Waals surface area (Å²) in [5.74, 6) is 0.325. The molecule has 6 nitrogen and oxygen atoms in total. The van der Waals surface area contributed by atoms with Gasteiger partial charge in [-0.25, -0.2) is 4.79 Å². The van der Waals surface area contributed by atoms with Crippen LogP contribution in [0.25, 0.3) is 22.8 Å². The smallest absolute Gasteiger partial charge is 0.347 e. The van der Waals surface area contributed by atoms with Gasteiger partial charge in [-0.05, 0) is 50.2 Å². The molecule has 0 amide bonds. The second-order valence-electron chi connectivity index (χ2n) is 5.73. The number of hydrogen-bond donors (Lipinski definition) is 1. The van der Waals surface area contributed by atoms with Crippen LogP contribution in [0.5, 0.6) is 5.75 Å². The summed E-state index contributed by atoms with van der Waals surface area (Å²) in [6.07, 6.45) is 0. The third kappa shape index (κ3) is 3.27. The molecular weight excluding hydrogens is 308 g/mol. The van der Waals surface area contributed by atoms with Gasteiger partial charge in [-0.1, -0.05) is 23.4 Å². The molecule has 0 bridgehead atoms. The number of carbonyl (C=O) groups is 1.